The van der Waals surface area contributed by atoms with Crippen molar-refractivity contribution >= 4 is 29.2 Å². The van der Waals surface area contributed by atoms with Crippen molar-refractivity contribution in [3.8, 4) is 5.75 Å². The number of anilines is 1. The lowest BCUT2D eigenvalue weighted by atomic mass is 10.2. The van der Waals surface area contributed by atoms with Crippen LogP contribution in [0.4, 0.5) is 10.1 Å². The van der Waals surface area contributed by atoms with Crippen molar-refractivity contribution in [2.75, 3.05) is 19.0 Å². The largest absolute Gasteiger partial charge is 0.497 e. The second-order valence-corrected chi connectivity index (χ2v) is 5.29. The molecule has 0 saturated heterocycles. The van der Waals surface area contributed by atoms with Crippen molar-refractivity contribution in [1.29, 1.82) is 0 Å². The van der Waals surface area contributed by atoms with Gasteiger partial charge in [0.05, 0.1) is 12.7 Å². The zero-order valence-corrected chi connectivity index (χ0v) is 13.8. The molecule has 24 heavy (non-hydrogen) atoms. The number of benzene rings is 2. The summed E-state index contributed by atoms with van der Waals surface area (Å²) in [5.41, 5.74) is 0.932. The van der Waals surface area contributed by atoms with Crippen molar-refractivity contribution in [3.05, 3.63) is 58.4 Å². The number of hydrogen-bond acceptors (Lipinski definition) is 4. The first kappa shape index (κ1) is 17.7. The quantitative estimate of drug-likeness (QED) is 0.836. The average molecular weight is 352 g/mol. The third-order valence-corrected chi connectivity index (χ3v) is 3.68. The summed E-state index contributed by atoms with van der Waals surface area (Å²) < 4.78 is 23.4. The summed E-state index contributed by atoms with van der Waals surface area (Å²) in [5, 5.41) is 3.08. The van der Waals surface area contributed by atoms with Crippen molar-refractivity contribution in [3.63, 3.8) is 0 Å². The molecule has 0 aliphatic heterocycles. The molecule has 2 aromatic rings. The molecule has 0 unspecified atom stereocenters. The number of hydrogen-bond donors (Lipinski definition) is 1. The van der Waals surface area contributed by atoms with Crippen LogP contribution in [0.5, 0.6) is 5.75 Å². The molecule has 0 saturated carbocycles. The highest BCUT2D eigenvalue weighted by Crippen LogP contribution is 2.23. The molecule has 7 heteroatoms. The Morgan fingerprint density at radius 3 is 2.67 bits per heavy atom. The molecule has 126 valence electrons. The molecule has 0 heterocycles. The Bertz CT molecular complexity index is 779. The standard InChI is InChI=1S/C17H15ClFNO4/c1-10-13(18)4-3-5-15(10)20-16(21)9-24-17(22)12-7-6-11(23-2)8-14(12)19/h3-8H,9H2,1-2H3,(H,20,21). The number of amides is 1. The van der Waals surface area contributed by atoms with Gasteiger partial charge in [-0.3, -0.25) is 4.79 Å². The maximum atomic E-state index is 13.8. The van der Waals surface area contributed by atoms with Gasteiger partial charge in [-0.25, -0.2) is 9.18 Å². The Hall–Kier alpha value is -2.60. The molecule has 2 rings (SSSR count). The first-order valence-corrected chi connectivity index (χ1v) is 7.35. The van der Waals surface area contributed by atoms with Gasteiger partial charge in [-0.15, -0.1) is 0 Å². The Kier molecular flexibility index (Phi) is 5.76. The molecular weight excluding hydrogens is 337 g/mol. The maximum absolute atomic E-state index is 13.8. The molecule has 0 aliphatic rings. The van der Waals surface area contributed by atoms with E-state index in [0.29, 0.717) is 16.3 Å². The number of esters is 1. The van der Waals surface area contributed by atoms with Gasteiger partial charge in [0.2, 0.25) is 0 Å². The summed E-state index contributed by atoms with van der Waals surface area (Å²) >= 11 is 5.96. The van der Waals surface area contributed by atoms with Gasteiger partial charge in [-0.1, -0.05) is 17.7 Å². The first-order chi connectivity index (χ1) is 11.4. The monoisotopic (exact) mass is 351 g/mol. The van der Waals surface area contributed by atoms with Crippen LogP contribution in [0.1, 0.15) is 15.9 Å². The van der Waals surface area contributed by atoms with Crippen molar-refractivity contribution in [2.45, 2.75) is 6.92 Å². The predicted molar refractivity (Wildman–Crippen MR) is 88.1 cm³/mol. The van der Waals surface area contributed by atoms with Gasteiger partial charge < -0.3 is 14.8 Å². The van der Waals surface area contributed by atoms with Crippen LogP contribution in [0.15, 0.2) is 36.4 Å². The fourth-order valence-electron chi connectivity index (χ4n) is 1.93. The lowest BCUT2D eigenvalue weighted by Gasteiger charge is -2.10. The number of rotatable bonds is 5. The van der Waals surface area contributed by atoms with Crippen LogP contribution in [0.25, 0.3) is 0 Å². The third kappa shape index (κ3) is 4.23. The van der Waals surface area contributed by atoms with Gasteiger partial charge in [-0.05, 0) is 36.8 Å². The Morgan fingerprint density at radius 1 is 1.25 bits per heavy atom. The number of nitrogens with one attached hydrogen (secondary N) is 1. The molecule has 0 aliphatic carbocycles. The van der Waals surface area contributed by atoms with Gasteiger partial charge in [-0.2, -0.15) is 0 Å². The summed E-state index contributed by atoms with van der Waals surface area (Å²) in [6, 6.07) is 8.77. The lowest BCUT2D eigenvalue weighted by Crippen LogP contribution is -2.21. The molecule has 0 bridgehead atoms. The van der Waals surface area contributed by atoms with E-state index < -0.39 is 24.3 Å². The van der Waals surface area contributed by atoms with Crippen LogP contribution in [0, 0.1) is 12.7 Å². The molecule has 1 N–H and O–H groups in total. The van der Waals surface area contributed by atoms with Gasteiger partial charge in [0.1, 0.15) is 11.6 Å². The topological polar surface area (TPSA) is 64.6 Å². The fraction of sp³-hybridized carbons (Fsp3) is 0.176. The van der Waals surface area contributed by atoms with E-state index >= 15 is 0 Å². The van der Waals surface area contributed by atoms with Crippen LogP contribution in [-0.2, 0) is 9.53 Å². The summed E-state index contributed by atoms with van der Waals surface area (Å²) in [6.45, 7) is 1.20. The Balaban J connectivity index is 1.96. The summed E-state index contributed by atoms with van der Waals surface area (Å²) in [4.78, 5) is 23.7. The van der Waals surface area contributed by atoms with Crippen LogP contribution in [0.2, 0.25) is 5.02 Å². The first-order valence-electron chi connectivity index (χ1n) is 6.98. The zero-order valence-electron chi connectivity index (χ0n) is 13.1. The predicted octanol–water partition coefficient (Wildman–Crippen LogP) is 3.59. The van der Waals surface area contributed by atoms with E-state index in [2.05, 4.69) is 5.32 Å². The molecule has 0 spiro atoms. The zero-order chi connectivity index (χ0) is 17.7. The van der Waals surface area contributed by atoms with E-state index in [-0.39, 0.29) is 11.3 Å². The number of carbonyl (C=O) groups is 2. The number of halogens is 2. The van der Waals surface area contributed by atoms with Crippen LogP contribution >= 0.6 is 11.6 Å². The van der Waals surface area contributed by atoms with E-state index in [4.69, 9.17) is 21.1 Å². The summed E-state index contributed by atoms with van der Waals surface area (Å²) in [6.07, 6.45) is 0. The minimum absolute atomic E-state index is 0.275. The summed E-state index contributed by atoms with van der Waals surface area (Å²) in [7, 11) is 1.38. The van der Waals surface area contributed by atoms with Gasteiger partial charge in [0, 0.05) is 16.8 Å². The van der Waals surface area contributed by atoms with E-state index in [1.165, 1.54) is 19.2 Å². The van der Waals surface area contributed by atoms with Crippen LogP contribution in [-0.4, -0.2) is 25.6 Å². The second-order valence-electron chi connectivity index (χ2n) is 4.88. The smallest absolute Gasteiger partial charge is 0.341 e. The molecule has 0 radical (unpaired) electrons. The van der Waals surface area contributed by atoms with E-state index in [0.717, 1.165) is 6.07 Å². The molecule has 0 atom stereocenters. The minimum Gasteiger partial charge on any atom is -0.497 e. The molecule has 0 fully saturated rings. The lowest BCUT2D eigenvalue weighted by molar-refractivity contribution is -0.119. The van der Waals surface area contributed by atoms with Crippen LogP contribution in [0.3, 0.4) is 0 Å². The second kappa shape index (κ2) is 7.79. The molecule has 2 aromatic carbocycles. The highest BCUT2D eigenvalue weighted by Gasteiger charge is 2.16. The molecule has 0 aromatic heterocycles. The van der Waals surface area contributed by atoms with Gasteiger partial charge >= 0.3 is 5.97 Å². The van der Waals surface area contributed by atoms with Crippen molar-refractivity contribution in [1.82, 2.24) is 0 Å². The average Bonchev–Trinajstić information content (AvgIpc) is 2.56. The number of carbonyl (C=O) groups excluding carboxylic acids is 2. The number of methoxy groups -OCH3 is 1. The summed E-state index contributed by atoms with van der Waals surface area (Å²) in [5.74, 6) is -2.00. The van der Waals surface area contributed by atoms with Crippen molar-refractivity contribution < 1.29 is 23.5 Å². The SMILES string of the molecule is COc1ccc(C(=O)OCC(=O)Nc2cccc(Cl)c2C)c(F)c1. The molecule has 5 nitrogen and oxygen atoms in total. The van der Waals surface area contributed by atoms with E-state index in [1.807, 2.05) is 0 Å². The van der Waals surface area contributed by atoms with Gasteiger partial charge in [0.15, 0.2) is 6.61 Å². The Labute approximate surface area is 143 Å². The van der Waals surface area contributed by atoms with E-state index in [9.17, 15) is 14.0 Å². The normalized spacial score (nSPS) is 10.2. The molecule has 1 amide bonds. The highest BCUT2D eigenvalue weighted by molar-refractivity contribution is 6.31. The molecular formula is C17H15ClFNO4. The minimum atomic E-state index is -0.937. The Morgan fingerprint density at radius 2 is 2.00 bits per heavy atom. The third-order valence-electron chi connectivity index (χ3n) is 3.27. The van der Waals surface area contributed by atoms with Gasteiger partial charge in [0.25, 0.3) is 5.91 Å². The fourth-order valence-corrected chi connectivity index (χ4v) is 2.10. The number of ether oxygens (including phenoxy) is 2. The highest BCUT2D eigenvalue weighted by atomic mass is 35.5. The maximum Gasteiger partial charge on any atom is 0.341 e. The van der Waals surface area contributed by atoms with Crippen molar-refractivity contribution in [2.24, 2.45) is 0 Å². The van der Waals surface area contributed by atoms with Crippen LogP contribution < -0.4 is 10.1 Å². The van der Waals surface area contributed by atoms with E-state index in [1.54, 1.807) is 25.1 Å².